The molecule has 0 spiro atoms. The third-order valence-corrected chi connectivity index (χ3v) is 3.40. The minimum absolute atomic E-state index is 0.0122. The number of nitrogen functional groups attached to an aromatic ring is 1. The van der Waals surface area contributed by atoms with Gasteiger partial charge in [-0.3, -0.25) is 19.1 Å². The third kappa shape index (κ3) is 4.23. The summed E-state index contributed by atoms with van der Waals surface area (Å²) < 4.78 is 44.8. The molecule has 0 bridgehead atoms. The van der Waals surface area contributed by atoms with Gasteiger partial charge in [-0.1, -0.05) is 6.92 Å². The quantitative estimate of drug-likeness (QED) is 0.717. The van der Waals surface area contributed by atoms with Crippen LogP contribution in [0.3, 0.4) is 0 Å². The Balaban J connectivity index is 3.79. The molecule has 0 radical (unpaired) electrons. The van der Waals surface area contributed by atoms with E-state index in [4.69, 9.17) is 11.0 Å². The SMILES string of the molecule is CCCn1c(N)c(N(CCOC)C(=O)C(F)(F)F)c(=O)n(CC#N)c1=O. The van der Waals surface area contributed by atoms with Gasteiger partial charge in [0.05, 0.1) is 12.7 Å². The molecule has 0 saturated carbocycles. The Bertz CT molecular complexity index is 822. The van der Waals surface area contributed by atoms with E-state index in [1.807, 2.05) is 0 Å². The van der Waals surface area contributed by atoms with Gasteiger partial charge >= 0.3 is 17.8 Å². The van der Waals surface area contributed by atoms with E-state index in [1.54, 1.807) is 13.0 Å². The molecule has 0 aliphatic heterocycles. The van der Waals surface area contributed by atoms with Crippen LogP contribution in [0.4, 0.5) is 24.7 Å². The lowest BCUT2D eigenvalue weighted by Crippen LogP contribution is -2.50. The van der Waals surface area contributed by atoms with Gasteiger partial charge < -0.3 is 10.5 Å². The van der Waals surface area contributed by atoms with Crippen LogP contribution in [0.25, 0.3) is 0 Å². The first-order chi connectivity index (χ1) is 12.1. The van der Waals surface area contributed by atoms with Crippen LogP contribution in [-0.4, -0.2) is 41.5 Å². The minimum atomic E-state index is -5.28. The number of nitrogens with two attached hydrogens (primary N) is 1. The third-order valence-electron chi connectivity index (χ3n) is 3.40. The van der Waals surface area contributed by atoms with Crippen LogP contribution in [0, 0.1) is 11.3 Å². The Morgan fingerprint density at radius 2 is 1.96 bits per heavy atom. The molecular formula is C14H18F3N5O4. The molecule has 1 aromatic rings. The van der Waals surface area contributed by atoms with E-state index >= 15 is 0 Å². The van der Waals surface area contributed by atoms with Crippen molar-refractivity contribution in [2.45, 2.75) is 32.6 Å². The molecule has 9 nitrogen and oxygen atoms in total. The smallest absolute Gasteiger partial charge is 0.383 e. The van der Waals surface area contributed by atoms with Crippen LogP contribution in [0.1, 0.15) is 13.3 Å². The number of aromatic nitrogens is 2. The summed E-state index contributed by atoms with van der Waals surface area (Å²) in [7, 11) is 1.20. The Labute approximate surface area is 146 Å². The van der Waals surface area contributed by atoms with E-state index in [-0.39, 0.29) is 18.1 Å². The highest BCUT2D eigenvalue weighted by atomic mass is 19.4. The summed E-state index contributed by atoms with van der Waals surface area (Å²) in [5.41, 5.74) is 2.75. The highest BCUT2D eigenvalue weighted by Crippen LogP contribution is 2.25. The number of alkyl halides is 3. The van der Waals surface area contributed by atoms with Crippen molar-refractivity contribution in [3.63, 3.8) is 0 Å². The van der Waals surface area contributed by atoms with Crippen LogP contribution in [0.5, 0.6) is 0 Å². The van der Waals surface area contributed by atoms with Crippen LogP contribution in [0.15, 0.2) is 9.59 Å². The maximum absolute atomic E-state index is 12.9. The fourth-order valence-electron chi connectivity index (χ4n) is 2.25. The van der Waals surface area contributed by atoms with Crippen molar-refractivity contribution in [3.8, 4) is 6.07 Å². The molecule has 12 heteroatoms. The topological polar surface area (TPSA) is 123 Å². The number of anilines is 2. The zero-order valence-electron chi connectivity index (χ0n) is 14.2. The molecule has 0 unspecified atom stereocenters. The van der Waals surface area contributed by atoms with Gasteiger partial charge in [0, 0.05) is 20.2 Å². The van der Waals surface area contributed by atoms with Gasteiger partial charge in [-0.05, 0) is 6.42 Å². The van der Waals surface area contributed by atoms with Gasteiger partial charge in [-0.15, -0.1) is 0 Å². The normalized spacial score (nSPS) is 11.2. The van der Waals surface area contributed by atoms with Crippen LogP contribution in [-0.2, 0) is 22.6 Å². The molecule has 26 heavy (non-hydrogen) atoms. The van der Waals surface area contributed by atoms with E-state index < -0.39 is 47.9 Å². The first-order valence-corrected chi connectivity index (χ1v) is 7.49. The summed E-state index contributed by atoms with van der Waals surface area (Å²) in [6.45, 7) is 0.0283. The lowest BCUT2D eigenvalue weighted by atomic mass is 10.3. The first-order valence-electron chi connectivity index (χ1n) is 7.49. The summed E-state index contributed by atoms with van der Waals surface area (Å²) in [6.07, 6.45) is -4.90. The summed E-state index contributed by atoms with van der Waals surface area (Å²) in [5.74, 6) is -2.91. The molecule has 1 amide bonds. The number of hydrogen-bond donors (Lipinski definition) is 1. The van der Waals surface area contributed by atoms with Crippen molar-refractivity contribution in [2.75, 3.05) is 30.9 Å². The second-order valence-electron chi connectivity index (χ2n) is 5.16. The van der Waals surface area contributed by atoms with Gasteiger partial charge in [-0.2, -0.15) is 18.4 Å². The highest BCUT2D eigenvalue weighted by molar-refractivity contribution is 5.99. The molecule has 1 rings (SSSR count). The van der Waals surface area contributed by atoms with E-state index in [1.165, 1.54) is 7.11 Å². The minimum Gasteiger partial charge on any atom is -0.383 e. The molecule has 2 N–H and O–H groups in total. The monoisotopic (exact) mass is 377 g/mol. The molecule has 0 fully saturated rings. The number of amides is 1. The van der Waals surface area contributed by atoms with Crippen molar-refractivity contribution >= 4 is 17.4 Å². The number of rotatable bonds is 7. The molecule has 0 atom stereocenters. The van der Waals surface area contributed by atoms with Gasteiger partial charge in [0.15, 0.2) is 5.69 Å². The average Bonchev–Trinajstić information content (AvgIpc) is 2.57. The summed E-state index contributed by atoms with van der Waals surface area (Å²) in [4.78, 5) is 36.7. The Morgan fingerprint density at radius 3 is 2.42 bits per heavy atom. The molecular weight excluding hydrogens is 359 g/mol. The standard InChI is InChI=1S/C14H18F3N5O4/c1-3-5-21-10(19)9(11(23)22(6-4-18)13(21)25)20(7-8-26-2)12(24)14(15,16)17/h3,5-8,19H2,1-2H3. The molecule has 1 heterocycles. The van der Waals surface area contributed by atoms with Crippen molar-refractivity contribution in [1.82, 2.24) is 9.13 Å². The molecule has 0 aliphatic rings. The second kappa shape index (κ2) is 8.52. The van der Waals surface area contributed by atoms with Crippen LogP contribution < -0.4 is 21.9 Å². The maximum Gasteiger partial charge on any atom is 0.471 e. The summed E-state index contributed by atoms with van der Waals surface area (Å²) >= 11 is 0. The molecule has 1 aromatic heterocycles. The second-order valence-corrected chi connectivity index (χ2v) is 5.16. The summed E-state index contributed by atoms with van der Waals surface area (Å²) in [6, 6.07) is 1.58. The largest absolute Gasteiger partial charge is 0.471 e. The molecule has 0 aromatic carbocycles. The van der Waals surface area contributed by atoms with E-state index in [9.17, 15) is 27.6 Å². The highest BCUT2D eigenvalue weighted by Gasteiger charge is 2.44. The van der Waals surface area contributed by atoms with Crippen LogP contribution >= 0.6 is 0 Å². The average molecular weight is 377 g/mol. The zero-order chi connectivity index (χ0) is 20.1. The van der Waals surface area contributed by atoms with Crippen molar-refractivity contribution in [3.05, 3.63) is 20.8 Å². The maximum atomic E-state index is 12.9. The Morgan fingerprint density at radius 1 is 1.35 bits per heavy atom. The number of nitrogens with zero attached hydrogens (tertiary/aromatic N) is 4. The molecule has 0 aliphatic carbocycles. The predicted octanol–water partition coefficient (Wildman–Crippen LogP) is 0.0675. The number of carbonyl (C=O) groups is 1. The van der Waals surface area contributed by atoms with Gasteiger partial charge in [0.1, 0.15) is 12.4 Å². The van der Waals surface area contributed by atoms with Crippen molar-refractivity contribution < 1.29 is 22.7 Å². The van der Waals surface area contributed by atoms with Gasteiger partial charge in [-0.25, -0.2) is 9.36 Å². The number of carbonyl (C=O) groups excluding carboxylic acids is 1. The van der Waals surface area contributed by atoms with Gasteiger partial charge in [0.25, 0.3) is 5.56 Å². The fourth-order valence-corrected chi connectivity index (χ4v) is 2.25. The number of ether oxygens (including phenoxy) is 1. The van der Waals surface area contributed by atoms with Gasteiger partial charge in [0.2, 0.25) is 0 Å². The van der Waals surface area contributed by atoms with E-state index in [2.05, 4.69) is 4.74 Å². The Hall–Kier alpha value is -2.81. The Kier molecular flexibility index (Phi) is 6.96. The van der Waals surface area contributed by atoms with Crippen molar-refractivity contribution in [2.24, 2.45) is 0 Å². The molecule has 0 saturated heterocycles. The first kappa shape index (κ1) is 21.2. The fraction of sp³-hybridized carbons (Fsp3) is 0.571. The number of methoxy groups -OCH3 is 1. The number of halogens is 3. The number of nitriles is 1. The lowest BCUT2D eigenvalue weighted by Gasteiger charge is -2.26. The number of hydrogen-bond acceptors (Lipinski definition) is 6. The van der Waals surface area contributed by atoms with E-state index in [0.717, 1.165) is 4.57 Å². The lowest BCUT2D eigenvalue weighted by molar-refractivity contribution is -0.170. The predicted molar refractivity (Wildman–Crippen MR) is 85.6 cm³/mol. The summed E-state index contributed by atoms with van der Waals surface area (Å²) in [5, 5.41) is 8.80. The molecule has 144 valence electrons. The van der Waals surface area contributed by atoms with E-state index in [0.29, 0.717) is 11.0 Å². The van der Waals surface area contributed by atoms with Crippen molar-refractivity contribution in [1.29, 1.82) is 5.26 Å². The van der Waals surface area contributed by atoms with Crippen LogP contribution in [0.2, 0.25) is 0 Å². The zero-order valence-corrected chi connectivity index (χ0v) is 14.2.